The first-order valence-corrected chi connectivity index (χ1v) is 7.68. The first kappa shape index (κ1) is 16.2. The van der Waals surface area contributed by atoms with Crippen molar-refractivity contribution in [3.63, 3.8) is 0 Å². The van der Waals surface area contributed by atoms with Gasteiger partial charge in [-0.15, -0.1) is 0 Å². The number of carbonyl (C=O) groups is 1. The molecular weight excluding hydrogens is 274 g/mol. The maximum absolute atomic E-state index is 10.9. The van der Waals surface area contributed by atoms with Crippen LogP contribution in [0.5, 0.6) is 0 Å². The number of hydrogen-bond donors (Lipinski definition) is 1. The zero-order valence-corrected chi connectivity index (χ0v) is 13.0. The first-order chi connectivity index (χ1) is 10.7. The summed E-state index contributed by atoms with van der Waals surface area (Å²) in [7, 11) is 0. The molecule has 0 atom stereocenters. The van der Waals surface area contributed by atoms with Crippen molar-refractivity contribution in [2.45, 2.75) is 32.9 Å². The Balaban J connectivity index is 1.68. The first-order valence-electron chi connectivity index (χ1n) is 7.68. The normalized spacial score (nSPS) is 10.4. The predicted octanol–water partition coefficient (Wildman–Crippen LogP) is 3.47. The summed E-state index contributed by atoms with van der Waals surface area (Å²) in [4.78, 5) is 10.9. The van der Waals surface area contributed by atoms with E-state index >= 15 is 0 Å². The fourth-order valence-electron chi connectivity index (χ4n) is 2.26. The molecule has 0 heterocycles. The van der Waals surface area contributed by atoms with E-state index in [4.69, 9.17) is 4.74 Å². The van der Waals surface area contributed by atoms with Crippen molar-refractivity contribution in [3.05, 3.63) is 71.3 Å². The quantitative estimate of drug-likeness (QED) is 0.758. The number of benzene rings is 2. The van der Waals surface area contributed by atoms with Gasteiger partial charge in [0.25, 0.3) is 0 Å². The van der Waals surface area contributed by atoms with Crippen LogP contribution < -0.4 is 5.32 Å². The summed E-state index contributed by atoms with van der Waals surface area (Å²) in [6.45, 7) is 3.55. The van der Waals surface area contributed by atoms with E-state index in [2.05, 4.69) is 29.6 Å². The average molecular weight is 297 g/mol. The zero-order valence-electron chi connectivity index (χ0n) is 13.0. The monoisotopic (exact) mass is 297 g/mol. The molecule has 2 aromatic rings. The Labute approximate surface area is 132 Å². The number of hydrogen-bond acceptors (Lipinski definition) is 2. The van der Waals surface area contributed by atoms with E-state index < -0.39 is 0 Å². The highest BCUT2D eigenvalue weighted by Crippen LogP contribution is 2.08. The summed E-state index contributed by atoms with van der Waals surface area (Å²) < 4.78 is 5.69. The van der Waals surface area contributed by atoms with Crippen molar-refractivity contribution >= 4 is 5.91 Å². The molecule has 2 rings (SSSR count). The van der Waals surface area contributed by atoms with Gasteiger partial charge in [-0.25, -0.2) is 0 Å². The maximum atomic E-state index is 10.9. The lowest BCUT2D eigenvalue weighted by molar-refractivity contribution is -0.119. The van der Waals surface area contributed by atoms with E-state index in [0.717, 1.165) is 25.0 Å². The molecule has 0 saturated heterocycles. The lowest BCUT2D eigenvalue weighted by Gasteiger charge is -2.07. The van der Waals surface area contributed by atoms with Crippen molar-refractivity contribution < 1.29 is 9.53 Å². The van der Waals surface area contributed by atoms with Crippen LogP contribution in [0.25, 0.3) is 0 Å². The van der Waals surface area contributed by atoms with E-state index in [9.17, 15) is 4.79 Å². The highest BCUT2D eigenvalue weighted by molar-refractivity contribution is 5.72. The van der Waals surface area contributed by atoms with E-state index in [1.54, 1.807) is 0 Å². The molecule has 0 spiro atoms. The van der Waals surface area contributed by atoms with Crippen LogP contribution in [-0.2, 0) is 29.1 Å². The highest BCUT2D eigenvalue weighted by Gasteiger charge is 1.99. The van der Waals surface area contributed by atoms with Gasteiger partial charge in [0.1, 0.15) is 0 Å². The average Bonchev–Trinajstić information content (AvgIpc) is 2.54. The molecule has 3 nitrogen and oxygen atoms in total. The van der Waals surface area contributed by atoms with E-state index in [0.29, 0.717) is 13.2 Å². The smallest absolute Gasteiger partial charge is 0.217 e. The molecule has 0 saturated carbocycles. The predicted molar refractivity (Wildman–Crippen MR) is 88.4 cm³/mol. The molecule has 1 amide bonds. The van der Waals surface area contributed by atoms with Crippen molar-refractivity contribution in [3.8, 4) is 0 Å². The maximum Gasteiger partial charge on any atom is 0.217 e. The van der Waals surface area contributed by atoms with Gasteiger partial charge >= 0.3 is 0 Å². The minimum atomic E-state index is -0.000264. The molecule has 1 N–H and O–H groups in total. The van der Waals surface area contributed by atoms with Gasteiger partial charge in [0.05, 0.1) is 6.61 Å². The lowest BCUT2D eigenvalue weighted by atomic mass is 10.1. The highest BCUT2D eigenvalue weighted by atomic mass is 16.5. The summed E-state index contributed by atoms with van der Waals surface area (Å²) in [6.07, 6.45) is 1.99. The minimum absolute atomic E-state index is 0.000264. The summed E-state index contributed by atoms with van der Waals surface area (Å²) in [5, 5.41) is 2.82. The molecule has 22 heavy (non-hydrogen) atoms. The van der Waals surface area contributed by atoms with Crippen molar-refractivity contribution in [1.82, 2.24) is 5.32 Å². The molecule has 0 bridgehead atoms. The van der Waals surface area contributed by atoms with Gasteiger partial charge in [-0.2, -0.15) is 0 Å². The SMILES string of the molecule is CC(=O)NCc1cccc(CCCOCc2ccccc2)c1. The second-order valence-corrected chi connectivity index (χ2v) is 5.37. The molecule has 116 valence electrons. The van der Waals surface area contributed by atoms with Crippen LogP contribution in [0.1, 0.15) is 30.0 Å². The minimum Gasteiger partial charge on any atom is -0.377 e. The van der Waals surface area contributed by atoms with Gasteiger partial charge in [0.15, 0.2) is 0 Å². The Morgan fingerprint density at radius 1 is 1.00 bits per heavy atom. The van der Waals surface area contributed by atoms with E-state index in [1.165, 1.54) is 18.1 Å². The summed E-state index contributed by atoms with van der Waals surface area (Å²) in [6, 6.07) is 18.6. The number of aryl methyl sites for hydroxylation is 1. The zero-order chi connectivity index (χ0) is 15.6. The third-order valence-electron chi connectivity index (χ3n) is 3.40. The van der Waals surface area contributed by atoms with Gasteiger partial charge in [-0.1, -0.05) is 54.6 Å². The van der Waals surface area contributed by atoms with Crippen LogP contribution in [-0.4, -0.2) is 12.5 Å². The molecular formula is C19H23NO2. The number of nitrogens with one attached hydrogen (secondary N) is 1. The number of amides is 1. The Hall–Kier alpha value is -2.13. The Bertz CT molecular complexity index is 581. The molecule has 2 aromatic carbocycles. The Morgan fingerprint density at radius 2 is 1.73 bits per heavy atom. The van der Waals surface area contributed by atoms with Crippen LogP contribution in [0.2, 0.25) is 0 Å². The Kier molecular flexibility index (Phi) is 6.65. The topological polar surface area (TPSA) is 38.3 Å². The third-order valence-corrected chi connectivity index (χ3v) is 3.40. The molecule has 0 fully saturated rings. The summed E-state index contributed by atoms with van der Waals surface area (Å²) >= 11 is 0. The van der Waals surface area contributed by atoms with E-state index in [-0.39, 0.29) is 5.91 Å². The van der Waals surface area contributed by atoms with Gasteiger partial charge in [0, 0.05) is 20.1 Å². The van der Waals surface area contributed by atoms with Crippen LogP contribution in [0.3, 0.4) is 0 Å². The van der Waals surface area contributed by atoms with Gasteiger partial charge in [-0.3, -0.25) is 4.79 Å². The van der Waals surface area contributed by atoms with Crippen LogP contribution >= 0.6 is 0 Å². The standard InChI is InChI=1S/C19H23NO2/c1-16(21)20-14-19-10-5-9-17(13-19)11-6-12-22-15-18-7-3-2-4-8-18/h2-5,7-10,13H,6,11-12,14-15H2,1H3,(H,20,21). The molecule has 0 aliphatic heterocycles. The molecule has 0 aromatic heterocycles. The van der Waals surface area contributed by atoms with Crippen molar-refractivity contribution in [2.75, 3.05) is 6.61 Å². The fourth-order valence-corrected chi connectivity index (χ4v) is 2.26. The summed E-state index contributed by atoms with van der Waals surface area (Å²) in [5.74, 6) is -0.000264. The molecule has 3 heteroatoms. The van der Waals surface area contributed by atoms with E-state index in [1.807, 2.05) is 30.3 Å². The summed E-state index contributed by atoms with van der Waals surface area (Å²) in [5.41, 5.74) is 3.63. The number of carbonyl (C=O) groups excluding carboxylic acids is 1. The van der Waals surface area contributed by atoms with Crippen LogP contribution in [0.15, 0.2) is 54.6 Å². The number of rotatable bonds is 8. The molecule has 0 aliphatic rings. The van der Waals surface area contributed by atoms with Crippen molar-refractivity contribution in [1.29, 1.82) is 0 Å². The van der Waals surface area contributed by atoms with Gasteiger partial charge in [0.2, 0.25) is 5.91 Å². The van der Waals surface area contributed by atoms with Gasteiger partial charge in [-0.05, 0) is 29.5 Å². The largest absolute Gasteiger partial charge is 0.377 e. The molecule has 0 aliphatic carbocycles. The second kappa shape index (κ2) is 9.00. The number of ether oxygens (including phenoxy) is 1. The lowest BCUT2D eigenvalue weighted by Crippen LogP contribution is -2.18. The Morgan fingerprint density at radius 3 is 2.50 bits per heavy atom. The van der Waals surface area contributed by atoms with Gasteiger partial charge < -0.3 is 10.1 Å². The molecule has 0 unspecified atom stereocenters. The van der Waals surface area contributed by atoms with Crippen LogP contribution in [0.4, 0.5) is 0 Å². The molecule has 0 radical (unpaired) electrons. The fraction of sp³-hybridized carbons (Fsp3) is 0.316. The van der Waals surface area contributed by atoms with Crippen LogP contribution in [0, 0.1) is 0 Å². The van der Waals surface area contributed by atoms with Crippen molar-refractivity contribution in [2.24, 2.45) is 0 Å². The third kappa shape index (κ3) is 6.10. The second-order valence-electron chi connectivity index (χ2n) is 5.37.